The van der Waals surface area contributed by atoms with E-state index < -0.39 is 0 Å². The molecule has 0 saturated heterocycles. The van der Waals surface area contributed by atoms with E-state index in [-0.39, 0.29) is 0 Å². The lowest BCUT2D eigenvalue weighted by molar-refractivity contribution is 0.355. The van der Waals surface area contributed by atoms with Gasteiger partial charge >= 0.3 is 0 Å². The number of ether oxygens (including phenoxy) is 2. The summed E-state index contributed by atoms with van der Waals surface area (Å²) in [4.78, 5) is 8.97. The fraction of sp³-hybridized carbons (Fsp3) is 0.111. The van der Waals surface area contributed by atoms with Crippen molar-refractivity contribution in [3.63, 3.8) is 0 Å². The van der Waals surface area contributed by atoms with Crippen molar-refractivity contribution < 1.29 is 9.47 Å². The summed E-state index contributed by atoms with van der Waals surface area (Å²) >= 11 is 16.1. The lowest BCUT2D eigenvalue weighted by Gasteiger charge is -2.14. The number of benzene rings is 2. The highest BCUT2D eigenvalue weighted by Gasteiger charge is 2.16. The van der Waals surface area contributed by atoms with Gasteiger partial charge in [0.05, 0.1) is 53.5 Å². The molecule has 2 heterocycles. The van der Waals surface area contributed by atoms with Crippen molar-refractivity contribution in [1.82, 2.24) is 14.4 Å². The second kappa shape index (κ2) is 7.07. The average molecular weight is 468 g/mol. The van der Waals surface area contributed by atoms with E-state index in [0.29, 0.717) is 38.6 Å². The predicted molar refractivity (Wildman–Crippen MR) is 111 cm³/mol. The Morgan fingerprint density at radius 3 is 2.33 bits per heavy atom. The molecule has 2 aromatic carbocycles. The van der Waals surface area contributed by atoms with E-state index in [1.54, 1.807) is 38.9 Å². The van der Waals surface area contributed by atoms with Gasteiger partial charge in [0.15, 0.2) is 17.3 Å². The number of anilines is 2. The molecule has 1 N–H and O–H groups in total. The quantitative estimate of drug-likeness (QED) is 0.416. The second-order valence-electron chi connectivity index (χ2n) is 5.67. The zero-order chi connectivity index (χ0) is 19.1. The van der Waals surface area contributed by atoms with E-state index in [9.17, 15) is 0 Å². The topological polar surface area (TPSA) is 60.7 Å². The minimum Gasteiger partial charge on any atom is -0.493 e. The summed E-state index contributed by atoms with van der Waals surface area (Å²) in [6, 6.07) is 7.19. The van der Waals surface area contributed by atoms with Crippen LogP contribution in [0.2, 0.25) is 10.0 Å². The third kappa shape index (κ3) is 3.16. The summed E-state index contributed by atoms with van der Waals surface area (Å²) in [5, 5.41) is 4.17. The van der Waals surface area contributed by atoms with Gasteiger partial charge in [0.2, 0.25) is 0 Å². The van der Waals surface area contributed by atoms with Crippen LogP contribution in [0.5, 0.6) is 11.5 Å². The van der Waals surface area contributed by atoms with Gasteiger partial charge in [0.25, 0.3) is 0 Å². The molecule has 6 nitrogen and oxygen atoms in total. The predicted octanol–water partition coefficient (Wildman–Crippen LogP) is 5.71. The van der Waals surface area contributed by atoms with Gasteiger partial charge in [0, 0.05) is 16.6 Å². The van der Waals surface area contributed by atoms with Crippen LogP contribution < -0.4 is 14.8 Å². The van der Waals surface area contributed by atoms with E-state index in [2.05, 4.69) is 26.2 Å². The van der Waals surface area contributed by atoms with Crippen molar-refractivity contribution in [2.75, 3.05) is 19.5 Å². The molecule has 0 unspecified atom stereocenters. The molecule has 27 heavy (non-hydrogen) atoms. The normalized spacial score (nSPS) is 11.1. The zero-order valence-corrected chi connectivity index (χ0v) is 17.4. The molecule has 2 aromatic heterocycles. The van der Waals surface area contributed by atoms with Crippen LogP contribution in [0.4, 0.5) is 11.5 Å². The maximum atomic E-state index is 6.35. The van der Waals surface area contributed by atoms with Crippen molar-refractivity contribution in [3.05, 3.63) is 51.3 Å². The summed E-state index contributed by atoms with van der Waals surface area (Å²) in [7, 11) is 3.18. The van der Waals surface area contributed by atoms with Crippen LogP contribution in [0, 0.1) is 0 Å². The maximum absolute atomic E-state index is 6.35. The van der Waals surface area contributed by atoms with Crippen LogP contribution in [0.15, 0.2) is 41.3 Å². The van der Waals surface area contributed by atoms with Crippen LogP contribution in [-0.2, 0) is 0 Å². The smallest absolute Gasteiger partial charge is 0.163 e. The number of hydrogen-bond acceptors (Lipinski definition) is 5. The first-order valence-corrected chi connectivity index (χ1v) is 9.36. The van der Waals surface area contributed by atoms with Gasteiger partial charge in [-0.05, 0) is 12.1 Å². The highest BCUT2D eigenvalue weighted by Crippen LogP contribution is 2.38. The first-order valence-electron chi connectivity index (χ1n) is 7.81. The van der Waals surface area contributed by atoms with Gasteiger partial charge in [-0.2, -0.15) is 0 Å². The number of nitrogens with zero attached hydrogens (tertiary/aromatic N) is 3. The molecule has 0 spiro atoms. The third-order valence-corrected chi connectivity index (χ3v) is 5.16. The van der Waals surface area contributed by atoms with Crippen molar-refractivity contribution in [2.24, 2.45) is 0 Å². The van der Waals surface area contributed by atoms with Crippen LogP contribution in [-0.4, -0.2) is 28.6 Å². The summed E-state index contributed by atoms with van der Waals surface area (Å²) in [5.74, 6) is 1.77. The van der Waals surface area contributed by atoms with Gasteiger partial charge in [-0.1, -0.05) is 39.1 Å². The fourth-order valence-corrected chi connectivity index (χ4v) is 4.15. The highest BCUT2D eigenvalue weighted by molar-refractivity contribution is 9.10. The Kier molecular flexibility index (Phi) is 4.75. The second-order valence-corrected chi connectivity index (χ2v) is 7.40. The fourth-order valence-electron chi connectivity index (χ4n) is 2.85. The molecule has 0 saturated carbocycles. The van der Waals surface area contributed by atoms with Crippen LogP contribution in [0.1, 0.15) is 0 Å². The molecule has 138 valence electrons. The minimum atomic E-state index is 0.473. The minimum absolute atomic E-state index is 0.473. The van der Waals surface area contributed by atoms with E-state index in [1.807, 2.05) is 16.5 Å². The van der Waals surface area contributed by atoms with Crippen LogP contribution in [0.3, 0.4) is 0 Å². The standard InChI is InChI=1S/C18H13BrCl2N4O2/c1-26-15-5-12-13(6-16(15)27-2)25-8-22-7-14(25)18(23-12)24-17-10(20)3-9(19)4-11(17)21/h3-8H,1-2H3,(H,23,24). The summed E-state index contributed by atoms with van der Waals surface area (Å²) in [6.07, 6.45) is 3.42. The number of imidazole rings is 1. The largest absolute Gasteiger partial charge is 0.493 e. The van der Waals surface area contributed by atoms with Gasteiger partial charge < -0.3 is 14.8 Å². The Morgan fingerprint density at radius 2 is 1.67 bits per heavy atom. The lowest BCUT2D eigenvalue weighted by atomic mass is 10.2. The molecule has 0 amide bonds. The number of fused-ring (bicyclic) bond motifs is 3. The average Bonchev–Trinajstić information content (AvgIpc) is 3.13. The first kappa shape index (κ1) is 18.2. The number of aromatic nitrogens is 3. The molecule has 4 aromatic rings. The van der Waals surface area contributed by atoms with E-state index in [0.717, 1.165) is 15.5 Å². The van der Waals surface area contributed by atoms with Gasteiger partial charge in [-0.25, -0.2) is 9.97 Å². The number of rotatable bonds is 4. The van der Waals surface area contributed by atoms with Crippen molar-refractivity contribution in [3.8, 4) is 11.5 Å². The molecule has 9 heteroatoms. The summed E-state index contributed by atoms with van der Waals surface area (Å²) < 4.78 is 13.5. The lowest BCUT2D eigenvalue weighted by Crippen LogP contribution is -2.01. The van der Waals surface area contributed by atoms with E-state index in [4.69, 9.17) is 37.7 Å². The van der Waals surface area contributed by atoms with Crippen molar-refractivity contribution in [1.29, 1.82) is 0 Å². The highest BCUT2D eigenvalue weighted by atomic mass is 79.9. The SMILES string of the molecule is COc1cc2nc(Nc3c(Cl)cc(Br)cc3Cl)c3cncn3c2cc1OC. The van der Waals surface area contributed by atoms with Crippen LogP contribution >= 0.6 is 39.1 Å². The molecule has 0 fully saturated rings. The number of methoxy groups -OCH3 is 2. The number of nitrogens with one attached hydrogen (secondary N) is 1. The molecule has 0 aliphatic rings. The van der Waals surface area contributed by atoms with Crippen LogP contribution in [0.25, 0.3) is 16.6 Å². The first-order chi connectivity index (χ1) is 13.0. The zero-order valence-electron chi connectivity index (χ0n) is 14.3. The van der Waals surface area contributed by atoms with Crippen molar-refractivity contribution in [2.45, 2.75) is 0 Å². The Balaban J connectivity index is 1.94. The molecular formula is C18H13BrCl2N4O2. The summed E-state index contributed by atoms with van der Waals surface area (Å²) in [6.45, 7) is 0. The Bertz CT molecular complexity index is 1160. The third-order valence-electron chi connectivity index (χ3n) is 4.10. The molecule has 0 atom stereocenters. The molecule has 0 radical (unpaired) electrons. The van der Waals surface area contributed by atoms with E-state index >= 15 is 0 Å². The Morgan fingerprint density at radius 1 is 1.00 bits per heavy atom. The van der Waals surface area contributed by atoms with Gasteiger partial charge in [-0.3, -0.25) is 4.40 Å². The van der Waals surface area contributed by atoms with Gasteiger partial charge in [0.1, 0.15) is 5.52 Å². The molecule has 4 rings (SSSR count). The Labute approximate surface area is 173 Å². The maximum Gasteiger partial charge on any atom is 0.163 e. The van der Waals surface area contributed by atoms with E-state index in [1.165, 1.54) is 0 Å². The molecule has 0 bridgehead atoms. The summed E-state index contributed by atoms with van der Waals surface area (Å²) in [5.41, 5.74) is 2.87. The molecule has 0 aliphatic carbocycles. The number of hydrogen-bond donors (Lipinski definition) is 1. The Hall–Kier alpha value is -2.22. The number of halogens is 3. The van der Waals surface area contributed by atoms with Crippen molar-refractivity contribution >= 4 is 67.2 Å². The molecular weight excluding hydrogens is 455 g/mol. The molecule has 0 aliphatic heterocycles. The van der Waals surface area contributed by atoms with Gasteiger partial charge in [-0.15, -0.1) is 0 Å². The monoisotopic (exact) mass is 466 g/mol.